The second kappa shape index (κ2) is 32.8. The molecule has 8 heteroatoms. The molecular formula is C49H97N3O5. The number of nitrogens with one attached hydrogen (secondary N) is 1. The van der Waals surface area contributed by atoms with Crippen LogP contribution in [0.15, 0.2) is 0 Å². The molecule has 8 nitrogen and oxygen atoms in total. The van der Waals surface area contributed by atoms with Gasteiger partial charge in [-0.05, 0) is 97.3 Å². The zero-order chi connectivity index (χ0) is 43.1. The van der Waals surface area contributed by atoms with Crippen LogP contribution >= 0.6 is 0 Å². The third-order valence-corrected chi connectivity index (χ3v) is 11.1. The second-order valence-electron chi connectivity index (χ2n) is 19.9. The smallest absolute Gasteiger partial charge is 0.410 e. The molecule has 0 aliphatic heterocycles. The van der Waals surface area contributed by atoms with Crippen LogP contribution in [0.25, 0.3) is 0 Å². The molecule has 0 aromatic heterocycles. The van der Waals surface area contributed by atoms with Crippen molar-refractivity contribution < 1.29 is 23.9 Å². The third kappa shape index (κ3) is 33.5. The minimum atomic E-state index is -0.573. The quantitative estimate of drug-likeness (QED) is 0.0654. The fourth-order valence-electron chi connectivity index (χ4n) is 7.53. The minimum Gasteiger partial charge on any atom is -0.444 e. The highest BCUT2D eigenvalue weighted by Crippen LogP contribution is 2.23. The van der Waals surface area contributed by atoms with Crippen molar-refractivity contribution in [2.75, 3.05) is 32.7 Å². The van der Waals surface area contributed by atoms with E-state index in [1.807, 2.05) is 51.3 Å². The van der Waals surface area contributed by atoms with Gasteiger partial charge in [-0.3, -0.25) is 4.79 Å². The largest absolute Gasteiger partial charge is 0.444 e. The van der Waals surface area contributed by atoms with Crippen molar-refractivity contribution in [2.45, 2.75) is 242 Å². The Labute approximate surface area is 354 Å². The predicted molar refractivity (Wildman–Crippen MR) is 243 cm³/mol. The Bertz CT molecular complexity index is 962. The summed E-state index contributed by atoms with van der Waals surface area (Å²) in [5.74, 6) is 2.56. The topological polar surface area (TPSA) is 88.2 Å². The van der Waals surface area contributed by atoms with E-state index in [-0.39, 0.29) is 24.0 Å². The van der Waals surface area contributed by atoms with Crippen molar-refractivity contribution in [1.29, 1.82) is 0 Å². The average molecular weight is 808 g/mol. The van der Waals surface area contributed by atoms with E-state index in [1.54, 1.807) is 0 Å². The van der Waals surface area contributed by atoms with Gasteiger partial charge in [0, 0.05) is 39.1 Å². The summed E-state index contributed by atoms with van der Waals surface area (Å²) < 4.78 is 11.7. The van der Waals surface area contributed by atoms with Gasteiger partial charge in [0.25, 0.3) is 0 Å². The van der Waals surface area contributed by atoms with Crippen molar-refractivity contribution in [3.63, 3.8) is 0 Å². The van der Waals surface area contributed by atoms with Crippen LogP contribution < -0.4 is 5.32 Å². The molecule has 0 aliphatic carbocycles. The molecule has 0 saturated carbocycles. The van der Waals surface area contributed by atoms with Crippen molar-refractivity contribution in [2.24, 2.45) is 23.7 Å². The standard InChI is InChI=1S/C49H97N3O5/c1-13-16-25-37-51(46(54)56-48(7,8)9)39-44(40-52(38-26-17-14-2)47(55)57-49(10,11)12)33-21-19-20-24-36-50-45(53)35-34-43(6)32-27-31-42(5)30-23-22-29-41(4)28-18-15-3/h41-44H,13-40H2,1-12H3,(H,50,53). The van der Waals surface area contributed by atoms with Crippen molar-refractivity contribution in [1.82, 2.24) is 15.1 Å². The normalized spacial score (nSPS) is 13.6. The lowest BCUT2D eigenvalue weighted by molar-refractivity contribution is -0.121. The number of carbonyl (C=O) groups is 3. The summed E-state index contributed by atoms with van der Waals surface area (Å²) in [5, 5.41) is 3.17. The summed E-state index contributed by atoms with van der Waals surface area (Å²) >= 11 is 0. The molecular weight excluding hydrogens is 711 g/mol. The predicted octanol–water partition coefficient (Wildman–Crippen LogP) is 14.1. The lowest BCUT2D eigenvalue weighted by Crippen LogP contribution is -2.45. The van der Waals surface area contributed by atoms with E-state index in [2.05, 4.69) is 46.9 Å². The summed E-state index contributed by atoms with van der Waals surface area (Å²) in [6, 6.07) is 0. The molecule has 0 heterocycles. The van der Waals surface area contributed by atoms with Gasteiger partial charge in [-0.2, -0.15) is 0 Å². The maximum atomic E-state index is 13.4. The number of unbranched alkanes of at least 4 members (excludes halogenated alkanes) is 9. The Morgan fingerprint density at radius 2 is 0.895 bits per heavy atom. The van der Waals surface area contributed by atoms with Crippen LogP contribution in [0.1, 0.15) is 231 Å². The van der Waals surface area contributed by atoms with Gasteiger partial charge in [0.15, 0.2) is 0 Å². The van der Waals surface area contributed by atoms with Gasteiger partial charge in [-0.25, -0.2) is 9.59 Å². The molecule has 3 atom stereocenters. The van der Waals surface area contributed by atoms with E-state index in [0.717, 1.165) is 95.4 Å². The Balaban J connectivity index is 4.92. The molecule has 0 bridgehead atoms. The first-order valence-corrected chi connectivity index (χ1v) is 24.1. The van der Waals surface area contributed by atoms with E-state index < -0.39 is 11.2 Å². The zero-order valence-corrected chi connectivity index (χ0v) is 40.0. The molecule has 0 aliphatic rings. The van der Waals surface area contributed by atoms with Gasteiger partial charge in [-0.15, -0.1) is 0 Å². The highest BCUT2D eigenvalue weighted by atomic mass is 16.6. The van der Waals surface area contributed by atoms with Gasteiger partial charge in [-0.1, -0.05) is 151 Å². The van der Waals surface area contributed by atoms with Crippen LogP contribution in [0.2, 0.25) is 0 Å². The van der Waals surface area contributed by atoms with Crippen LogP contribution in [0.5, 0.6) is 0 Å². The monoisotopic (exact) mass is 808 g/mol. The SMILES string of the molecule is CCCCCN(CC(CCCCCCNC(=O)CCC(C)CCCC(C)CCCCC(C)CCCC)CN(CCCCC)C(=O)OC(C)(C)C)C(=O)OC(C)(C)C. The van der Waals surface area contributed by atoms with E-state index in [1.165, 1.54) is 64.2 Å². The minimum absolute atomic E-state index is 0.104. The van der Waals surface area contributed by atoms with Crippen LogP contribution in [0.3, 0.4) is 0 Å². The summed E-state index contributed by atoms with van der Waals surface area (Å²) in [4.78, 5) is 43.2. The summed E-state index contributed by atoms with van der Waals surface area (Å²) in [5.41, 5.74) is -1.15. The maximum absolute atomic E-state index is 13.4. The molecule has 0 spiro atoms. The lowest BCUT2D eigenvalue weighted by Gasteiger charge is -2.34. The Hall–Kier alpha value is -1.99. The van der Waals surface area contributed by atoms with E-state index in [4.69, 9.17) is 9.47 Å². The number of amides is 3. The molecule has 338 valence electrons. The van der Waals surface area contributed by atoms with Gasteiger partial charge in [0.2, 0.25) is 5.91 Å². The van der Waals surface area contributed by atoms with E-state index in [9.17, 15) is 14.4 Å². The third-order valence-electron chi connectivity index (χ3n) is 11.1. The molecule has 1 N–H and O–H groups in total. The fourth-order valence-corrected chi connectivity index (χ4v) is 7.53. The van der Waals surface area contributed by atoms with Crippen LogP contribution in [0.4, 0.5) is 9.59 Å². The van der Waals surface area contributed by atoms with Crippen molar-refractivity contribution in [3.8, 4) is 0 Å². The molecule has 0 aromatic carbocycles. The molecule has 0 rings (SSSR count). The zero-order valence-electron chi connectivity index (χ0n) is 40.0. The lowest BCUT2D eigenvalue weighted by atomic mass is 9.91. The molecule has 0 radical (unpaired) electrons. The number of rotatable bonds is 34. The molecule has 0 saturated heterocycles. The summed E-state index contributed by atoms with van der Waals surface area (Å²) in [7, 11) is 0. The highest BCUT2D eigenvalue weighted by Gasteiger charge is 2.28. The van der Waals surface area contributed by atoms with Crippen molar-refractivity contribution >= 4 is 18.1 Å². The molecule has 57 heavy (non-hydrogen) atoms. The molecule has 0 aromatic rings. The summed E-state index contributed by atoms with van der Waals surface area (Å²) in [6.07, 6.45) is 25.5. The number of hydrogen-bond acceptors (Lipinski definition) is 5. The van der Waals surface area contributed by atoms with Crippen LogP contribution in [-0.2, 0) is 14.3 Å². The Morgan fingerprint density at radius 1 is 0.491 bits per heavy atom. The van der Waals surface area contributed by atoms with E-state index in [0.29, 0.717) is 38.5 Å². The fraction of sp³-hybridized carbons (Fsp3) is 0.939. The summed E-state index contributed by atoms with van der Waals surface area (Å²) in [6.45, 7) is 28.4. The highest BCUT2D eigenvalue weighted by molar-refractivity contribution is 5.75. The van der Waals surface area contributed by atoms with Gasteiger partial charge in [0.05, 0.1) is 0 Å². The first kappa shape index (κ1) is 55.0. The van der Waals surface area contributed by atoms with E-state index >= 15 is 0 Å². The first-order chi connectivity index (χ1) is 26.9. The van der Waals surface area contributed by atoms with Crippen molar-refractivity contribution in [3.05, 3.63) is 0 Å². The van der Waals surface area contributed by atoms with Gasteiger partial charge in [0.1, 0.15) is 11.2 Å². The number of nitrogens with zero attached hydrogens (tertiary/aromatic N) is 2. The molecule has 3 unspecified atom stereocenters. The number of hydrogen-bond donors (Lipinski definition) is 1. The van der Waals surface area contributed by atoms with Crippen LogP contribution in [0, 0.1) is 23.7 Å². The first-order valence-electron chi connectivity index (χ1n) is 24.1. The van der Waals surface area contributed by atoms with Gasteiger partial charge < -0.3 is 24.6 Å². The maximum Gasteiger partial charge on any atom is 0.410 e. The Kier molecular flexibility index (Phi) is 31.7. The average Bonchev–Trinajstić information content (AvgIpc) is 3.12. The molecule has 0 fully saturated rings. The van der Waals surface area contributed by atoms with Crippen LogP contribution in [-0.4, -0.2) is 71.8 Å². The van der Waals surface area contributed by atoms with Gasteiger partial charge >= 0.3 is 12.2 Å². The number of ether oxygens (including phenoxy) is 2. The number of carbonyl (C=O) groups excluding carboxylic acids is 3. The second-order valence-corrected chi connectivity index (χ2v) is 19.9. The molecule has 3 amide bonds. The Morgan fingerprint density at radius 3 is 1.35 bits per heavy atom.